The number of nitrogens with one attached hydrogen (secondary N) is 1. The first-order valence-electron chi connectivity index (χ1n) is 9.24. The van der Waals surface area contributed by atoms with Gasteiger partial charge in [-0.1, -0.05) is 43.8 Å². The lowest BCUT2D eigenvalue weighted by Gasteiger charge is -2.17. The largest absolute Gasteiger partial charge is 0.351 e. The number of benzene rings is 1. The smallest absolute Gasteiger partial charge is 0.233 e. The Morgan fingerprint density at radius 2 is 2.04 bits per heavy atom. The van der Waals surface area contributed by atoms with Gasteiger partial charge in [0.05, 0.1) is 27.3 Å². The fourth-order valence-electron chi connectivity index (χ4n) is 3.40. The van der Waals surface area contributed by atoms with Gasteiger partial charge in [-0.3, -0.25) is 4.79 Å². The quantitative estimate of drug-likeness (QED) is 0.770. The lowest BCUT2D eigenvalue weighted by Crippen LogP contribution is -2.39. The number of aryl methyl sites for hydroxylation is 1. The van der Waals surface area contributed by atoms with E-state index in [1.54, 1.807) is 0 Å². The molecule has 0 saturated carbocycles. The summed E-state index contributed by atoms with van der Waals surface area (Å²) < 4.78 is 23.1. The molecular formula is C20H26N2O3S2. The Morgan fingerprint density at radius 3 is 2.67 bits per heavy atom. The third-order valence-electron chi connectivity index (χ3n) is 4.92. The van der Waals surface area contributed by atoms with Crippen molar-refractivity contribution >= 4 is 38.4 Å². The number of hydrogen-bond acceptors (Lipinski definition) is 5. The van der Waals surface area contributed by atoms with Crippen LogP contribution in [-0.2, 0) is 14.6 Å². The van der Waals surface area contributed by atoms with Crippen LogP contribution in [0, 0.1) is 6.92 Å². The average molecular weight is 407 g/mol. The van der Waals surface area contributed by atoms with Crippen LogP contribution in [0.3, 0.4) is 0 Å². The van der Waals surface area contributed by atoms with Crippen LogP contribution in [-0.4, -0.2) is 42.1 Å². The molecule has 1 aliphatic rings. The highest BCUT2D eigenvalue weighted by molar-refractivity contribution is 8.00. The maximum absolute atomic E-state index is 12.5. The third-order valence-corrected chi connectivity index (χ3v) is 7.71. The number of para-hydroxylation sites is 1. The number of thioether (sulfide) groups is 1. The van der Waals surface area contributed by atoms with E-state index in [9.17, 15) is 13.2 Å². The van der Waals surface area contributed by atoms with Crippen LogP contribution in [0.2, 0.25) is 0 Å². The summed E-state index contributed by atoms with van der Waals surface area (Å²) >= 11 is 1.41. The van der Waals surface area contributed by atoms with Crippen molar-refractivity contribution in [1.82, 2.24) is 10.3 Å². The molecule has 1 fully saturated rings. The molecule has 146 valence electrons. The molecule has 0 bridgehead atoms. The van der Waals surface area contributed by atoms with Crippen LogP contribution in [0.15, 0.2) is 29.3 Å². The van der Waals surface area contributed by atoms with Crippen LogP contribution in [0.4, 0.5) is 0 Å². The summed E-state index contributed by atoms with van der Waals surface area (Å²) in [4.78, 5) is 17.3. The minimum atomic E-state index is -3.00. The molecule has 1 aromatic carbocycles. The molecule has 1 N–H and O–H groups in total. The number of aromatic nitrogens is 1. The highest BCUT2D eigenvalue weighted by Crippen LogP contribution is 2.31. The molecule has 1 saturated heterocycles. The van der Waals surface area contributed by atoms with Crippen LogP contribution in [0.25, 0.3) is 10.9 Å². The summed E-state index contributed by atoms with van der Waals surface area (Å²) in [6.45, 7) is 8.19. The predicted octanol–water partition coefficient (Wildman–Crippen LogP) is 3.45. The highest BCUT2D eigenvalue weighted by Gasteiger charge is 2.30. The average Bonchev–Trinajstić information content (AvgIpc) is 2.92. The van der Waals surface area contributed by atoms with Gasteiger partial charge in [0, 0.05) is 11.4 Å². The minimum absolute atomic E-state index is 0.0429. The molecule has 0 aliphatic carbocycles. The van der Waals surface area contributed by atoms with Crippen LogP contribution < -0.4 is 5.32 Å². The van der Waals surface area contributed by atoms with Crippen molar-refractivity contribution in [2.75, 3.05) is 11.5 Å². The Labute approximate surface area is 165 Å². The second-order valence-electron chi connectivity index (χ2n) is 7.54. The SMILES string of the molecule is Cc1cc(S[C@@H](C)C(=O)N[C@H]2CCS(=O)(=O)C2)nc2c(C(C)C)cccc12. The van der Waals surface area contributed by atoms with Crippen molar-refractivity contribution in [3.63, 3.8) is 0 Å². The normalized spacial score (nSPS) is 20.1. The molecule has 7 heteroatoms. The monoisotopic (exact) mass is 406 g/mol. The number of nitrogens with zero attached hydrogens (tertiary/aromatic N) is 1. The van der Waals surface area contributed by atoms with E-state index in [4.69, 9.17) is 4.98 Å². The molecule has 0 unspecified atom stereocenters. The summed E-state index contributed by atoms with van der Waals surface area (Å²) in [6.07, 6.45) is 0.497. The number of carbonyl (C=O) groups excluding carboxylic acids is 1. The second kappa shape index (κ2) is 7.80. The first-order chi connectivity index (χ1) is 12.7. The molecule has 5 nitrogen and oxygen atoms in total. The molecule has 1 amide bonds. The molecule has 2 aromatic rings. The Balaban J connectivity index is 1.77. The van der Waals surface area contributed by atoms with Gasteiger partial charge in [0.15, 0.2) is 9.84 Å². The van der Waals surface area contributed by atoms with E-state index < -0.39 is 9.84 Å². The molecule has 0 spiro atoms. The zero-order chi connectivity index (χ0) is 19.8. The van der Waals surface area contributed by atoms with Crippen molar-refractivity contribution in [3.05, 3.63) is 35.4 Å². The van der Waals surface area contributed by atoms with Gasteiger partial charge in [0.1, 0.15) is 0 Å². The van der Waals surface area contributed by atoms with E-state index in [0.717, 1.165) is 21.5 Å². The van der Waals surface area contributed by atoms with E-state index in [-0.39, 0.29) is 28.7 Å². The Hall–Kier alpha value is -1.60. The van der Waals surface area contributed by atoms with Crippen molar-refractivity contribution in [2.45, 2.75) is 56.4 Å². The zero-order valence-corrected chi connectivity index (χ0v) is 17.8. The fourth-order valence-corrected chi connectivity index (χ4v) is 6.00. The number of sulfone groups is 1. The fraction of sp³-hybridized carbons (Fsp3) is 0.500. The number of rotatable bonds is 5. The standard InChI is InChI=1S/C20H26N2O3S2/c1-12(2)16-6-5-7-17-13(3)10-18(22-19(16)17)26-14(4)20(23)21-15-8-9-27(24,25)11-15/h5-7,10,12,14-15H,8-9,11H2,1-4H3,(H,21,23)/t14-,15-/m0/s1. The number of pyridine rings is 1. The predicted molar refractivity (Wildman–Crippen MR) is 111 cm³/mol. The summed E-state index contributed by atoms with van der Waals surface area (Å²) in [5.74, 6) is 0.425. The Morgan fingerprint density at radius 1 is 1.30 bits per heavy atom. The number of amides is 1. The summed E-state index contributed by atoms with van der Waals surface area (Å²) in [6, 6.07) is 7.98. The van der Waals surface area contributed by atoms with Crippen molar-refractivity contribution < 1.29 is 13.2 Å². The summed E-state index contributed by atoms with van der Waals surface area (Å²) in [5.41, 5.74) is 3.33. The van der Waals surface area contributed by atoms with Gasteiger partial charge in [-0.15, -0.1) is 0 Å². The van der Waals surface area contributed by atoms with Crippen LogP contribution >= 0.6 is 11.8 Å². The van der Waals surface area contributed by atoms with Gasteiger partial charge in [0.25, 0.3) is 0 Å². The second-order valence-corrected chi connectivity index (χ2v) is 11.1. The van der Waals surface area contributed by atoms with Crippen LogP contribution in [0.5, 0.6) is 0 Å². The third kappa shape index (κ3) is 4.63. The molecule has 3 rings (SSSR count). The first-order valence-corrected chi connectivity index (χ1v) is 11.9. The summed E-state index contributed by atoms with van der Waals surface area (Å²) in [7, 11) is -3.00. The van der Waals surface area contributed by atoms with Gasteiger partial charge in [0.2, 0.25) is 5.91 Å². The molecule has 2 atom stereocenters. The van der Waals surface area contributed by atoms with E-state index >= 15 is 0 Å². The number of hydrogen-bond donors (Lipinski definition) is 1. The first kappa shape index (κ1) is 20.1. The zero-order valence-electron chi connectivity index (χ0n) is 16.2. The molecule has 2 heterocycles. The minimum Gasteiger partial charge on any atom is -0.351 e. The maximum atomic E-state index is 12.5. The molecule has 1 aliphatic heterocycles. The van der Waals surface area contributed by atoms with Crippen LogP contribution in [0.1, 0.15) is 44.2 Å². The summed E-state index contributed by atoms with van der Waals surface area (Å²) in [5, 5.41) is 4.48. The number of carbonyl (C=O) groups is 1. The van der Waals surface area contributed by atoms with Gasteiger partial charge in [-0.05, 0) is 43.4 Å². The van der Waals surface area contributed by atoms with Crippen molar-refractivity contribution in [1.29, 1.82) is 0 Å². The van der Waals surface area contributed by atoms with E-state index in [1.807, 2.05) is 13.0 Å². The van der Waals surface area contributed by atoms with Crippen molar-refractivity contribution in [2.24, 2.45) is 0 Å². The maximum Gasteiger partial charge on any atom is 0.233 e. The van der Waals surface area contributed by atoms with Gasteiger partial charge >= 0.3 is 0 Å². The number of fused-ring (bicyclic) bond motifs is 1. The Bertz CT molecular complexity index is 971. The lowest BCUT2D eigenvalue weighted by atomic mass is 9.98. The van der Waals surface area contributed by atoms with Gasteiger partial charge in [-0.25, -0.2) is 13.4 Å². The molecule has 0 radical (unpaired) electrons. The lowest BCUT2D eigenvalue weighted by molar-refractivity contribution is -0.120. The van der Waals surface area contributed by atoms with E-state index in [2.05, 4.69) is 44.3 Å². The van der Waals surface area contributed by atoms with E-state index in [0.29, 0.717) is 12.3 Å². The molecule has 1 aromatic heterocycles. The Kier molecular flexibility index (Phi) is 5.82. The molecule has 27 heavy (non-hydrogen) atoms. The highest BCUT2D eigenvalue weighted by atomic mass is 32.2. The molecular weight excluding hydrogens is 380 g/mol. The van der Waals surface area contributed by atoms with Gasteiger partial charge in [-0.2, -0.15) is 0 Å². The van der Waals surface area contributed by atoms with E-state index in [1.165, 1.54) is 17.3 Å². The van der Waals surface area contributed by atoms with Gasteiger partial charge < -0.3 is 5.32 Å². The topological polar surface area (TPSA) is 76.1 Å². The van der Waals surface area contributed by atoms with Crippen molar-refractivity contribution in [3.8, 4) is 0 Å².